The summed E-state index contributed by atoms with van der Waals surface area (Å²) in [5.41, 5.74) is 2.16. The van der Waals surface area contributed by atoms with Crippen molar-refractivity contribution in [2.75, 3.05) is 27.8 Å². The van der Waals surface area contributed by atoms with E-state index in [-0.39, 0.29) is 12.5 Å². The first-order chi connectivity index (χ1) is 9.46. The molecule has 20 heavy (non-hydrogen) atoms. The number of methoxy groups -OCH3 is 2. The summed E-state index contributed by atoms with van der Waals surface area (Å²) in [5.74, 6) is 0.421. The number of likely N-dealkylation sites (N-methyl/N-ethyl adjacent to an activating group) is 1. The Morgan fingerprint density at radius 1 is 1.30 bits per heavy atom. The molecule has 6 heteroatoms. The third-order valence-electron chi connectivity index (χ3n) is 2.82. The van der Waals surface area contributed by atoms with Crippen LogP contribution in [0.2, 0.25) is 0 Å². The van der Waals surface area contributed by atoms with E-state index in [0.717, 1.165) is 21.8 Å². The summed E-state index contributed by atoms with van der Waals surface area (Å²) < 4.78 is 9.67. The molecule has 0 aliphatic rings. The first-order valence-electron chi connectivity index (χ1n) is 6.29. The summed E-state index contributed by atoms with van der Waals surface area (Å²) in [6.07, 6.45) is -0.740. The van der Waals surface area contributed by atoms with Crippen molar-refractivity contribution in [3.8, 4) is 5.75 Å². The van der Waals surface area contributed by atoms with Crippen LogP contribution in [0.15, 0.2) is 18.2 Å². The number of ether oxygens (including phenoxy) is 2. The highest BCUT2D eigenvalue weighted by Gasteiger charge is 2.15. The molecule has 1 rings (SSSR count). The lowest BCUT2D eigenvalue weighted by Crippen LogP contribution is -3.09. The molecule has 1 aromatic rings. The van der Waals surface area contributed by atoms with E-state index in [1.165, 1.54) is 7.11 Å². The number of aryl methyl sites for hydroxylation is 1. The normalized spacial score (nSPS) is 11.6. The molecular weight excluding hydrogens is 260 g/mol. The van der Waals surface area contributed by atoms with Crippen molar-refractivity contribution in [3.05, 3.63) is 29.3 Å². The molecule has 0 aromatic heterocycles. The van der Waals surface area contributed by atoms with Gasteiger partial charge < -0.3 is 14.4 Å². The number of alkyl carbamates (subject to hydrolysis) is 1. The summed E-state index contributed by atoms with van der Waals surface area (Å²) in [4.78, 5) is 23.4. The molecule has 0 saturated heterocycles. The second-order valence-corrected chi connectivity index (χ2v) is 4.67. The van der Waals surface area contributed by atoms with Gasteiger partial charge in [-0.1, -0.05) is 11.6 Å². The fraction of sp³-hybridized carbons (Fsp3) is 0.429. The van der Waals surface area contributed by atoms with E-state index >= 15 is 0 Å². The third kappa shape index (κ3) is 4.89. The van der Waals surface area contributed by atoms with Gasteiger partial charge in [-0.2, -0.15) is 0 Å². The highest BCUT2D eigenvalue weighted by molar-refractivity contribution is 5.92. The van der Waals surface area contributed by atoms with Crippen LogP contribution in [0.3, 0.4) is 0 Å². The summed E-state index contributed by atoms with van der Waals surface area (Å²) in [5, 5.41) is 2.13. The number of benzene rings is 1. The number of hydrogen-bond acceptors (Lipinski definition) is 4. The number of rotatable bonds is 5. The predicted molar refractivity (Wildman–Crippen MR) is 73.7 cm³/mol. The minimum atomic E-state index is -0.740. The number of imide groups is 1. The van der Waals surface area contributed by atoms with E-state index in [9.17, 15) is 9.59 Å². The molecule has 110 valence electrons. The highest BCUT2D eigenvalue weighted by atomic mass is 16.5. The highest BCUT2D eigenvalue weighted by Crippen LogP contribution is 2.18. The molecule has 0 aliphatic heterocycles. The van der Waals surface area contributed by atoms with Crippen molar-refractivity contribution in [2.24, 2.45) is 0 Å². The number of hydrogen-bond donors (Lipinski definition) is 2. The summed E-state index contributed by atoms with van der Waals surface area (Å²) >= 11 is 0. The van der Waals surface area contributed by atoms with Crippen molar-refractivity contribution in [1.29, 1.82) is 0 Å². The van der Waals surface area contributed by atoms with Crippen LogP contribution >= 0.6 is 0 Å². The van der Waals surface area contributed by atoms with Crippen molar-refractivity contribution >= 4 is 12.0 Å². The number of quaternary nitrogens is 1. The lowest BCUT2D eigenvalue weighted by atomic mass is 10.1. The molecule has 1 aromatic carbocycles. The zero-order chi connectivity index (χ0) is 15.1. The molecule has 2 amide bonds. The van der Waals surface area contributed by atoms with Crippen LogP contribution in [0.25, 0.3) is 0 Å². The van der Waals surface area contributed by atoms with Crippen LogP contribution in [0.5, 0.6) is 5.75 Å². The van der Waals surface area contributed by atoms with E-state index in [1.54, 1.807) is 7.11 Å². The minimum Gasteiger partial charge on any atom is -0.496 e. The van der Waals surface area contributed by atoms with E-state index in [1.807, 2.05) is 32.2 Å². The van der Waals surface area contributed by atoms with Crippen molar-refractivity contribution in [2.45, 2.75) is 13.5 Å². The molecule has 1 unspecified atom stereocenters. The van der Waals surface area contributed by atoms with Gasteiger partial charge in [0.25, 0.3) is 5.91 Å². The van der Waals surface area contributed by atoms with Crippen LogP contribution in [-0.4, -0.2) is 39.8 Å². The molecule has 0 saturated carbocycles. The second kappa shape index (κ2) is 7.49. The van der Waals surface area contributed by atoms with Gasteiger partial charge >= 0.3 is 6.09 Å². The SMILES string of the molecule is COC(=O)NC(=O)C[NH+](C)Cc1cc(C)ccc1OC. The molecule has 1 atom stereocenters. The van der Waals surface area contributed by atoms with Crippen LogP contribution in [0, 0.1) is 6.92 Å². The van der Waals surface area contributed by atoms with Crippen molar-refractivity contribution in [3.63, 3.8) is 0 Å². The molecule has 0 fully saturated rings. The molecule has 0 heterocycles. The summed E-state index contributed by atoms with van der Waals surface area (Å²) in [6, 6.07) is 5.91. The van der Waals surface area contributed by atoms with Gasteiger partial charge in [-0.15, -0.1) is 0 Å². The maximum Gasteiger partial charge on any atom is 0.413 e. The average molecular weight is 281 g/mol. The Kier molecular flexibility index (Phi) is 5.99. The zero-order valence-electron chi connectivity index (χ0n) is 12.3. The van der Waals surface area contributed by atoms with Gasteiger partial charge in [0.1, 0.15) is 12.3 Å². The van der Waals surface area contributed by atoms with Crippen LogP contribution in [-0.2, 0) is 16.1 Å². The summed E-state index contributed by atoms with van der Waals surface area (Å²) in [6.45, 7) is 2.80. The molecule has 0 bridgehead atoms. The van der Waals surface area contributed by atoms with Crippen LogP contribution in [0.4, 0.5) is 4.79 Å². The van der Waals surface area contributed by atoms with E-state index in [0.29, 0.717) is 6.54 Å². The molecule has 2 N–H and O–H groups in total. The molecule has 0 radical (unpaired) electrons. The number of carbonyl (C=O) groups is 2. The Labute approximate surface area is 118 Å². The smallest absolute Gasteiger partial charge is 0.413 e. The Balaban J connectivity index is 2.62. The van der Waals surface area contributed by atoms with E-state index in [2.05, 4.69) is 10.1 Å². The largest absolute Gasteiger partial charge is 0.496 e. The van der Waals surface area contributed by atoms with E-state index < -0.39 is 6.09 Å². The van der Waals surface area contributed by atoms with Gasteiger partial charge in [0.2, 0.25) is 0 Å². The Bertz CT molecular complexity index is 488. The maximum absolute atomic E-state index is 11.6. The number of nitrogens with one attached hydrogen (secondary N) is 2. The quantitative estimate of drug-likeness (QED) is 0.791. The third-order valence-corrected chi connectivity index (χ3v) is 2.82. The lowest BCUT2D eigenvalue weighted by molar-refractivity contribution is -0.885. The van der Waals surface area contributed by atoms with Gasteiger partial charge in [0.05, 0.1) is 21.3 Å². The molecular formula is C14H21N2O4+. The van der Waals surface area contributed by atoms with Gasteiger partial charge in [0.15, 0.2) is 6.54 Å². The minimum absolute atomic E-state index is 0.173. The second-order valence-electron chi connectivity index (χ2n) is 4.67. The zero-order valence-corrected chi connectivity index (χ0v) is 12.3. The van der Waals surface area contributed by atoms with Gasteiger partial charge in [-0.05, 0) is 19.1 Å². The van der Waals surface area contributed by atoms with E-state index in [4.69, 9.17) is 4.74 Å². The predicted octanol–water partition coefficient (Wildman–Crippen LogP) is -0.0991. The van der Waals surface area contributed by atoms with Crippen molar-refractivity contribution < 1.29 is 24.0 Å². The Hall–Kier alpha value is -2.08. The first-order valence-corrected chi connectivity index (χ1v) is 6.29. The Morgan fingerprint density at radius 2 is 2.00 bits per heavy atom. The van der Waals surface area contributed by atoms with Crippen LogP contribution < -0.4 is 15.0 Å². The van der Waals surface area contributed by atoms with Gasteiger partial charge in [-0.25, -0.2) is 4.79 Å². The fourth-order valence-electron chi connectivity index (χ4n) is 1.92. The van der Waals surface area contributed by atoms with Gasteiger partial charge in [-0.3, -0.25) is 10.1 Å². The molecule has 0 aliphatic carbocycles. The average Bonchev–Trinajstić information content (AvgIpc) is 2.38. The number of carbonyl (C=O) groups excluding carboxylic acids is 2. The fourth-order valence-corrected chi connectivity index (χ4v) is 1.92. The first kappa shape index (κ1) is 16.0. The van der Waals surface area contributed by atoms with Crippen LogP contribution in [0.1, 0.15) is 11.1 Å². The topological polar surface area (TPSA) is 69.1 Å². The molecule has 0 spiro atoms. The Morgan fingerprint density at radius 3 is 2.60 bits per heavy atom. The standard InChI is InChI=1S/C14H20N2O4/c1-10-5-6-12(19-3)11(7-10)8-16(2)9-13(17)15-14(18)20-4/h5-7H,8-9H2,1-4H3,(H,15,17,18)/p+1. The van der Waals surface area contributed by atoms with Crippen molar-refractivity contribution in [1.82, 2.24) is 5.32 Å². The monoisotopic (exact) mass is 281 g/mol. The molecule has 6 nitrogen and oxygen atoms in total. The van der Waals surface area contributed by atoms with Gasteiger partial charge in [0, 0.05) is 5.56 Å². The maximum atomic E-state index is 11.6. The summed E-state index contributed by atoms with van der Waals surface area (Å²) in [7, 11) is 4.71. The lowest BCUT2D eigenvalue weighted by Gasteiger charge is -2.15. The number of amides is 2.